The monoisotopic (exact) mass is 416 g/mol. The van der Waals surface area contributed by atoms with Crippen molar-refractivity contribution in [3.63, 3.8) is 0 Å². The number of ether oxygens (including phenoxy) is 1. The van der Waals surface area contributed by atoms with Crippen LogP contribution in [0.4, 0.5) is 0 Å². The molecule has 0 amide bonds. The zero-order valence-electron chi connectivity index (χ0n) is 18.2. The third kappa shape index (κ3) is 3.15. The summed E-state index contributed by atoms with van der Waals surface area (Å²) in [6.07, 6.45) is 13.6. The van der Waals surface area contributed by atoms with Crippen molar-refractivity contribution in [3.8, 4) is 0 Å². The highest BCUT2D eigenvalue weighted by atomic mass is 32.2. The first-order valence-corrected chi connectivity index (χ1v) is 12.7. The van der Waals surface area contributed by atoms with Crippen LogP contribution in [0.3, 0.4) is 0 Å². The topological polar surface area (TPSA) is 43.4 Å². The number of rotatable bonds is 2. The third-order valence-electron chi connectivity index (χ3n) is 10.1. The first-order chi connectivity index (χ1) is 13.8. The number of esters is 1. The van der Waals surface area contributed by atoms with E-state index in [-0.39, 0.29) is 5.97 Å². The Kier molecular flexibility index (Phi) is 4.96. The molecule has 29 heavy (non-hydrogen) atoms. The molecule has 0 bridgehead atoms. The van der Waals surface area contributed by atoms with Crippen molar-refractivity contribution in [2.24, 2.45) is 40.4 Å². The van der Waals surface area contributed by atoms with Crippen LogP contribution >= 0.6 is 11.8 Å². The van der Waals surface area contributed by atoms with Crippen LogP contribution in [0.25, 0.3) is 0 Å². The van der Waals surface area contributed by atoms with Crippen LogP contribution in [-0.2, 0) is 14.3 Å². The van der Waals surface area contributed by atoms with Gasteiger partial charge < -0.3 is 4.74 Å². The van der Waals surface area contributed by atoms with E-state index in [2.05, 4.69) is 13.8 Å². The van der Waals surface area contributed by atoms with Gasteiger partial charge in [0.1, 0.15) is 6.61 Å². The lowest BCUT2D eigenvalue weighted by atomic mass is 9.44. The SMILES string of the molecule is CC(=O)S[C@H]1CC[C@@]2(C)[C@H](CC[C@@H]3[C@@H]2CC[C@]2(C)[C@@H](C4=CC(=O)OC4)CC[C@@H]32)C1. The molecular weight excluding hydrogens is 380 g/mol. The van der Waals surface area contributed by atoms with E-state index in [1.165, 1.54) is 63.4 Å². The number of carbonyl (C=O) groups is 2. The van der Waals surface area contributed by atoms with E-state index in [9.17, 15) is 9.59 Å². The van der Waals surface area contributed by atoms with Gasteiger partial charge in [-0.2, -0.15) is 0 Å². The average Bonchev–Trinajstić information content (AvgIpc) is 3.24. The minimum absolute atomic E-state index is 0.131. The third-order valence-corrected chi connectivity index (χ3v) is 11.2. The molecule has 160 valence electrons. The quantitative estimate of drug-likeness (QED) is 0.536. The zero-order chi connectivity index (χ0) is 20.4. The standard InChI is InChI=1S/C25H36O3S/c1-15(26)29-18-8-10-24(2)17(13-18)4-5-19-21-7-6-20(16-12-23(27)28-14-16)25(21,3)11-9-22(19)24/h12,17-22H,4-11,13-14H2,1-3H3/t17-,18+,19+,20-,21+,22+,24+,25-/m1/s1. The molecule has 0 aromatic carbocycles. The fourth-order valence-corrected chi connectivity index (χ4v) is 9.79. The molecule has 0 aromatic heterocycles. The van der Waals surface area contributed by atoms with Crippen molar-refractivity contribution in [1.29, 1.82) is 0 Å². The summed E-state index contributed by atoms with van der Waals surface area (Å²) in [4.78, 5) is 23.3. The van der Waals surface area contributed by atoms with E-state index < -0.39 is 0 Å². The number of hydrogen-bond donors (Lipinski definition) is 0. The molecule has 1 aliphatic heterocycles. The highest BCUT2D eigenvalue weighted by Crippen LogP contribution is 2.68. The lowest BCUT2D eigenvalue weighted by Crippen LogP contribution is -2.53. The van der Waals surface area contributed by atoms with E-state index in [1.54, 1.807) is 24.8 Å². The van der Waals surface area contributed by atoms with Gasteiger partial charge in [0.2, 0.25) is 0 Å². The Balaban J connectivity index is 1.35. The summed E-state index contributed by atoms with van der Waals surface area (Å²) >= 11 is 1.60. The summed E-state index contributed by atoms with van der Waals surface area (Å²) in [6.45, 7) is 7.40. The van der Waals surface area contributed by atoms with Crippen LogP contribution in [0.5, 0.6) is 0 Å². The van der Waals surface area contributed by atoms with Gasteiger partial charge in [0.25, 0.3) is 0 Å². The Hall–Kier alpha value is -0.770. The molecule has 0 aromatic rings. The van der Waals surface area contributed by atoms with Gasteiger partial charge >= 0.3 is 5.97 Å². The van der Waals surface area contributed by atoms with Crippen molar-refractivity contribution >= 4 is 22.8 Å². The second kappa shape index (κ2) is 7.14. The second-order valence-electron chi connectivity index (χ2n) is 11.2. The van der Waals surface area contributed by atoms with E-state index in [1.807, 2.05) is 0 Å². The smallest absolute Gasteiger partial charge is 0.331 e. The van der Waals surface area contributed by atoms with Crippen LogP contribution in [0, 0.1) is 40.4 Å². The normalized spacial score (nSPS) is 48.9. The molecule has 5 aliphatic rings. The van der Waals surface area contributed by atoms with Gasteiger partial charge in [0.05, 0.1) is 0 Å². The summed E-state index contributed by atoms with van der Waals surface area (Å²) in [5.41, 5.74) is 2.11. The van der Waals surface area contributed by atoms with Crippen molar-refractivity contribution in [2.75, 3.05) is 6.61 Å². The molecule has 0 radical (unpaired) electrons. The molecule has 8 atom stereocenters. The Bertz CT molecular complexity index is 744. The van der Waals surface area contributed by atoms with E-state index in [4.69, 9.17) is 4.74 Å². The lowest BCUT2D eigenvalue weighted by Gasteiger charge is -2.61. The van der Waals surface area contributed by atoms with E-state index in [0.717, 1.165) is 23.7 Å². The van der Waals surface area contributed by atoms with Crippen LogP contribution in [0.2, 0.25) is 0 Å². The fraction of sp³-hybridized carbons (Fsp3) is 0.840. The summed E-state index contributed by atoms with van der Waals surface area (Å²) in [5.74, 6) is 3.75. The molecule has 0 saturated heterocycles. The molecule has 4 fully saturated rings. The van der Waals surface area contributed by atoms with Gasteiger partial charge in [-0.05, 0) is 104 Å². The summed E-state index contributed by atoms with van der Waals surface area (Å²) in [5, 5.41) is 0.847. The lowest BCUT2D eigenvalue weighted by molar-refractivity contribution is -0.135. The Morgan fingerprint density at radius 3 is 2.52 bits per heavy atom. The summed E-state index contributed by atoms with van der Waals surface area (Å²) in [6, 6.07) is 0. The maximum Gasteiger partial charge on any atom is 0.331 e. The molecule has 4 aliphatic carbocycles. The first kappa shape index (κ1) is 20.2. The molecule has 5 rings (SSSR count). The maximum absolute atomic E-state index is 11.7. The predicted molar refractivity (Wildman–Crippen MR) is 116 cm³/mol. The van der Waals surface area contributed by atoms with E-state index >= 15 is 0 Å². The van der Waals surface area contributed by atoms with Crippen LogP contribution in [0.1, 0.15) is 78.6 Å². The number of hydrogen-bond acceptors (Lipinski definition) is 4. The maximum atomic E-state index is 11.7. The fourth-order valence-electron chi connectivity index (χ4n) is 8.76. The number of fused-ring (bicyclic) bond motifs is 5. The van der Waals surface area contributed by atoms with E-state index in [0.29, 0.717) is 33.7 Å². The molecule has 4 saturated carbocycles. The van der Waals surface area contributed by atoms with Crippen LogP contribution in [0.15, 0.2) is 11.6 Å². The highest BCUT2D eigenvalue weighted by Gasteiger charge is 2.60. The van der Waals surface area contributed by atoms with Gasteiger partial charge in [0, 0.05) is 18.2 Å². The van der Waals surface area contributed by atoms with Crippen molar-refractivity contribution < 1.29 is 14.3 Å². The van der Waals surface area contributed by atoms with Gasteiger partial charge in [-0.15, -0.1) is 0 Å². The molecular formula is C25H36O3S. The largest absolute Gasteiger partial charge is 0.458 e. The van der Waals surface area contributed by atoms with Crippen LogP contribution < -0.4 is 0 Å². The molecule has 0 N–H and O–H groups in total. The van der Waals surface area contributed by atoms with Gasteiger partial charge in [-0.3, -0.25) is 4.79 Å². The highest BCUT2D eigenvalue weighted by molar-refractivity contribution is 8.14. The van der Waals surface area contributed by atoms with Crippen molar-refractivity contribution in [3.05, 3.63) is 11.6 Å². The molecule has 0 spiro atoms. The minimum Gasteiger partial charge on any atom is -0.458 e. The number of carbonyl (C=O) groups excluding carboxylic acids is 2. The minimum atomic E-state index is -0.131. The Labute approximate surface area is 179 Å². The molecule has 0 unspecified atom stereocenters. The van der Waals surface area contributed by atoms with Crippen molar-refractivity contribution in [1.82, 2.24) is 0 Å². The summed E-state index contributed by atoms with van der Waals surface area (Å²) in [7, 11) is 0. The number of thioether (sulfide) groups is 1. The zero-order valence-corrected chi connectivity index (χ0v) is 19.1. The second-order valence-corrected chi connectivity index (χ2v) is 12.6. The molecule has 4 heteroatoms. The van der Waals surface area contributed by atoms with Gasteiger partial charge in [0.15, 0.2) is 5.12 Å². The average molecular weight is 417 g/mol. The molecule has 3 nitrogen and oxygen atoms in total. The summed E-state index contributed by atoms with van der Waals surface area (Å²) < 4.78 is 5.28. The first-order valence-electron chi connectivity index (χ1n) is 11.9. The molecule has 1 heterocycles. The Morgan fingerprint density at radius 1 is 1.03 bits per heavy atom. The Morgan fingerprint density at radius 2 is 1.79 bits per heavy atom. The van der Waals surface area contributed by atoms with Crippen molar-refractivity contribution in [2.45, 2.75) is 83.8 Å². The van der Waals surface area contributed by atoms with Crippen LogP contribution in [-0.4, -0.2) is 22.9 Å². The predicted octanol–water partition coefficient (Wildman–Crippen LogP) is 5.78. The van der Waals surface area contributed by atoms with Gasteiger partial charge in [-0.25, -0.2) is 4.79 Å². The number of cyclic esters (lactones) is 1. The van der Waals surface area contributed by atoms with Gasteiger partial charge in [-0.1, -0.05) is 25.6 Å².